The highest BCUT2D eigenvalue weighted by molar-refractivity contribution is 7.91. The van der Waals surface area contributed by atoms with Gasteiger partial charge in [0, 0.05) is 5.69 Å². The molecule has 0 unspecified atom stereocenters. The third-order valence-corrected chi connectivity index (χ3v) is 8.93. The second-order valence-electron chi connectivity index (χ2n) is 9.92. The van der Waals surface area contributed by atoms with Crippen molar-refractivity contribution in [3.8, 4) is 0 Å². The fourth-order valence-corrected chi connectivity index (χ4v) is 6.26. The highest BCUT2D eigenvalue weighted by atomic mass is 32.2. The number of aromatic nitrogens is 1. The van der Waals surface area contributed by atoms with Gasteiger partial charge in [-0.25, -0.2) is 8.42 Å². The molecule has 4 aromatic rings. The number of nitrogens with two attached hydrogens (primary N) is 1. The van der Waals surface area contributed by atoms with E-state index in [-0.39, 0.29) is 22.9 Å². The van der Waals surface area contributed by atoms with E-state index in [1.807, 2.05) is 0 Å². The highest BCUT2D eigenvalue weighted by Gasteiger charge is 2.26. The number of hydrazone groups is 1. The molecule has 0 bridgehead atoms. The summed E-state index contributed by atoms with van der Waals surface area (Å²) in [4.78, 5) is 26.8. The molecule has 0 fully saturated rings. The number of rotatable bonds is 12. The number of amides is 1. The average molecular weight is 638 g/mol. The van der Waals surface area contributed by atoms with Crippen LogP contribution < -0.4 is 16.1 Å². The van der Waals surface area contributed by atoms with Crippen LogP contribution in [0.5, 0.6) is 0 Å². The summed E-state index contributed by atoms with van der Waals surface area (Å²) in [5, 5.41) is 4.11. The van der Waals surface area contributed by atoms with Gasteiger partial charge in [0.2, 0.25) is 10.0 Å². The smallest absolute Gasteiger partial charge is 0.317 e. The molecule has 0 aliphatic rings. The number of sulfonamides is 1. The number of aryl methyl sites for hydroxylation is 2. The second-order valence-corrected chi connectivity index (χ2v) is 13.2. The van der Waals surface area contributed by atoms with Crippen LogP contribution in [0, 0.1) is 13.8 Å². The van der Waals surface area contributed by atoms with Crippen molar-refractivity contribution in [2.45, 2.75) is 37.6 Å². The minimum atomic E-state index is -4.44. The van der Waals surface area contributed by atoms with Gasteiger partial charge >= 0.3 is 10.1 Å². The van der Waals surface area contributed by atoms with Crippen molar-refractivity contribution in [3.63, 3.8) is 0 Å². The summed E-state index contributed by atoms with van der Waals surface area (Å²) >= 11 is 0. The van der Waals surface area contributed by atoms with E-state index >= 15 is 0 Å². The van der Waals surface area contributed by atoms with Gasteiger partial charge < -0.3 is 10.4 Å². The first kappa shape index (κ1) is 32.1. The molecule has 44 heavy (non-hydrogen) atoms. The third kappa shape index (κ3) is 8.40. The molecule has 1 heterocycles. The van der Waals surface area contributed by atoms with Gasteiger partial charge in [-0.3, -0.25) is 14.3 Å². The maximum absolute atomic E-state index is 13.6. The summed E-state index contributed by atoms with van der Waals surface area (Å²) in [6, 6.07) is 23.7. The van der Waals surface area contributed by atoms with Gasteiger partial charge in [-0.15, -0.1) is 4.28 Å². The summed E-state index contributed by atoms with van der Waals surface area (Å²) in [7, 11) is -8.41. The van der Waals surface area contributed by atoms with Crippen LogP contribution in [0.1, 0.15) is 27.9 Å². The van der Waals surface area contributed by atoms with Crippen LogP contribution in [0.15, 0.2) is 106 Å². The Balaban J connectivity index is 1.62. The van der Waals surface area contributed by atoms with Crippen LogP contribution in [-0.4, -0.2) is 38.6 Å². The van der Waals surface area contributed by atoms with Gasteiger partial charge in [0.25, 0.3) is 11.5 Å². The van der Waals surface area contributed by atoms with Crippen molar-refractivity contribution < 1.29 is 25.9 Å². The molecule has 1 amide bonds. The first-order valence-electron chi connectivity index (χ1n) is 13.3. The number of anilines is 1. The molecule has 0 spiro atoms. The molecule has 3 aromatic carbocycles. The lowest BCUT2D eigenvalue weighted by atomic mass is 10.1. The largest absolute Gasteiger partial charge is 0.323 e. The van der Waals surface area contributed by atoms with Gasteiger partial charge in [0.05, 0.1) is 23.4 Å². The van der Waals surface area contributed by atoms with Crippen molar-refractivity contribution >= 4 is 38.0 Å². The quantitative estimate of drug-likeness (QED) is 0.136. The van der Waals surface area contributed by atoms with Crippen molar-refractivity contribution in [2.75, 3.05) is 4.72 Å². The lowest BCUT2D eigenvalue weighted by Gasteiger charge is -2.22. The zero-order valence-electron chi connectivity index (χ0n) is 24.0. The van der Waals surface area contributed by atoms with E-state index in [9.17, 15) is 26.4 Å². The van der Waals surface area contributed by atoms with Crippen LogP contribution in [0.25, 0.3) is 0 Å². The fourth-order valence-electron chi connectivity index (χ4n) is 4.14. The monoisotopic (exact) mass is 637 g/mol. The van der Waals surface area contributed by atoms with Crippen LogP contribution in [0.4, 0.5) is 5.69 Å². The first-order chi connectivity index (χ1) is 20.9. The van der Waals surface area contributed by atoms with E-state index in [4.69, 9.17) is 10.1 Å². The predicted molar refractivity (Wildman–Crippen MR) is 166 cm³/mol. The van der Waals surface area contributed by atoms with Crippen molar-refractivity contribution in [3.05, 3.63) is 129 Å². The van der Waals surface area contributed by atoms with Crippen LogP contribution >= 0.6 is 0 Å². The summed E-state index contributed by atoms with van der Waals surface area (Å²) in [5.41, 5.74) is 1.81. The number of benzene rings is 3. The van der Waals surface area contributed by atoms with Gasteiger partial charge in [0.15, 0.2) is 0 Å². The fraction of sp³-hybridized carbons (Fsp3) is 0.167. The third-order valence-electron chi connectivity index (χ3n) is 6.46. The van der Waals surface area contributed by atoms with E-state index in [2.05, 4.69) is 9.82 Å². The summed E-state index contributed by atoms with van der Waals surface area (Å²) < 4.78 is 60.5. The molecule has 0 aliphatic carbocycles. The zero-order valence-corrected chi connectivity index (χ0v) is 25.6. The molecule has 12 nitrogen and oxygen atoms in total. The Hall–Kier alpha value is -4.79. The van der Waals surface area contributed by atoms with E-state index in [0.29, 0.717) is 27.4 Å². The number of hydrogen-bond acceptors (Lipinski definition) is 9. The number of nitrogens with one attached hydrogen (secondary N) is 1. The highest BCUT2D eigenvalue weighted by Crippen LogP contribution is 2.18. The number of carbonyl (C=O) groups excluding carboxylic acids is 1. The summed E-state index contributed by atoms with van der Waals surface area (Å²) in [5.74, 6) is 3.95. The normalized spacial score (nSPS) is 11.9. The predicted octanol–water partition coefficient (Wildman–Crippen LogP) is 3.05. The minimum Gasteiger partial charge on any atom is -0.323 e. The Morgan fingerprint density at radius 3 is 2.20 bits per heavy atom. The van der Waals surface area contributed by atoms with Gasteiger partial charge in [-0.05, 0) is 54.8 Å². The van der Waals surface area contributed by atoms with Crippen molar-refractivity contribution in [1.82, 2.24) is 9.63 Å². The molecule has 230 valence electrons. The van der Waals surface area contributed by atoms with Gasteiger partial charge in [-0.2, -0.15) is 18.6 Å². The SMILES string of the molecule is Cc1ccc(S(=O)(=O)ON(Cc2ccc(C=NN)cc2)C(=O)Cn2c(C)ccc(NS(=O)(=O)Cc3ccccc3)c2=O)cc1. The lowest BCUT2D eigenvalue weighted by Crippen LogP contribution is -2.39. The van der Waals surface area contributed by atoms with E-state index in [0.717, 1.165) is 10.1 Å². The topological polar surface area (TPSA) is 170 Å². The zero-order chi connectivity index (χ0) is 31.9. The molecule has 0 saturated heterocycles. The number of hydrogen-bond donors (Lipinski definition) is 2. The molecule has 0 atom stereocenters. The number of pyridine rings is 1. The van der Waals surface area contributed by atoms with Crippen LogP contribution in [0.2, 0.25) is 0 Å². The second kappa shape index (κ2) is 13.7. The maximum atomic E-state index is 13.6. The minimum absolute atomic E-state index is 0.168. The Labute approximate surface area is 255 Å². The summed E-state index contributed by atoms with van der Waals surface area (Å²) in [6.45, 7) is 2.42. The Morgan fingerprint density at radius 1 is 0.909 bits per heavy atom. The molecular weight excluding hydrogens is 606 g/mol. The van der Waals surface area contributed by atoms with Crippen molar-refractivity contribution in [2.24, 2.45) is 10.9 Å². The molecule has 3 N–H and O–H groups in total. The van der Waals surface area contributed by atoms with E-state index in [1.165, 1.54) is 30.5 Å². The van der Waals surface area contributed by atoms with E-state index < -0.39 is 38.2 Å². The molecule has 4 rings (SSSR count). The Morgan fingerprint density at radius 2 is 1.57 bits per heavy atom. The van der Waals surface area contributed by atoms with E-state index in [1.54, 1.807) is 80.6 Å². The van der Waals surface area contributed by atoms with Gasteiger partial charge in [-0.1, -0.05) is 72.3 Å². The standard InChI is InChI=1S/C30H31N5O7S2/c1-22-8-15-27(16-9-22)44(40,41)42-35(19-25-13-11-24(12-14-25)18-32-31)29(36)20-34-23(2)10-17-28(30(34)37)33-43(38,39)21-26-6-4-3-5-7-26/h3-18,33H,19-21,31H2,1-2H3. The Kier molecular flexibility index (Phi) is 9.98. The number of nitrogens with zero attached hydrogens (tertiary/aromatic N) is 3. The molecular formula is C30H31N5O7S2. The molecule has 0 aliphatic heterocycles. The van der Waals surface area contributed by atoms with Crippen LogP contribution in [-0.2, 0) is 48.1 Å². The number of hydroxylamine groups is 2. The first-order valence-corrected chi connectivity index (χ1v) is 16.3. The maximum Gasteiger partial charge on any atom is 0.317 e. The lowest BCUT2D eigenvalue weighted by molar-refractivity contribution is -0.159. The van der Waals surface area contributed by atoms with Gasteiger partial charge in [0.1, 0.15) is 12.2 Å². The molecule has 0 saturated carbocycles. The molecule has 0 radical (unpaired) electrons. The number of carbonyl (C=O) groups is 1. The Bertz CT molecular complexity index is 1920. The average Bonchev–Trinajstić information content (AvgIpc) is 2.98. The molecule has 1 aromatic heterocycles. The van der Waals surface area contributed by atoms with Crippen LogP contribution in [0.3, 0.4) is 0 Å². The summed E-state index contributed by atoms with van der Waals surface area (Å²) in [6.07, 6.45) is 1.42. The molecule has 14 heteroatoms. The van der Waals surface area contributed by atoms with Crippen molar-refractivity contribution in [1.29, 1.82) is 0 Å².